The van der Waals surface area contributed by atoms with Crippen molar-refractivity contribution in [3.63, 3.8) is 0 Å². The zero-order chi connectivity index (χ0) is 19.2. The summed E-state index contributed by atoms with van der Waals surface area (Å²) in [4.78, 5) is 0. The van der Waals surface area contributed by atoms with E-state index < -0.39 is 0 Å². The summed E-state index contributed by atoms with van der Waals surface area (Å²) in [5.41, 5.74) is 11.9. The van der Waals surface area contributed by atoms with Crippen molar-refractivity contribution in [2.24, 2.45) is 5.73 Å². The number of hydrogen-bond donors (Lipinski definition) is 2. The quantitative estimate of drug-likeness (QED) is 0.777. The summed E-state index contributed by atoms with van der Waals surface area (Å²) in [7, 11) is 0. The largest absolute Gasteiger partial charge is 0.327 e. The van der Waals surface area contributed by atoms with Crippen molar-refractivity contribution in [3.8, 4) is 0 Å². The highest BCUT2D eigenvalue weighted by Gasteiger charge is 2.22. The Morgan fingerprint density at radius 3 is 1.86 bits per heavy atom. The molecule has 0 bridgehead atoms. The second kappa shape index (κ2) is 9.71. The summed E-state index contributed by atoms with van der Waals surface area (Å²) < 4.78 is 0. The minimum absolute atomic E-state index is 0.393. The third-order valence-corrected chi connectivity index (χ3v) is 6.81. The molecule has 150 valence electrons. The van der Waals surface area contributed by atoms with Crippen LogP contribution in [-0.2, 0) is 25.7 Å². The van der Waals surface area contributed by atoms with Crippen LogP contribution in [0, 0.1) is 0 Å². The van der Waals surface area contributed by atoms with Gasteiger partial charge in [-0.1, -0.05) is 67.8 Å². The van der Waals surface area contributed by atoms with Gasteiger partial charge in [0.15, 0.2) is 0 Å². The molecule has 2 heteroatoms. The molecule has 0 radical (unpaired) electrons. The SMILES string of the molecule is NC1CCc2ccccc2C1.c1ccc2c(c1)CCC(NC1CCCCC1)C2. The van der Waals surface area contributed by atoms with Gasteiger partial charge in [-0.3, -0.25) is 0 Å². The highest BCUT2D eigenvalue weighted by molar-refractivity contribution is 5.31. The summed E-state index contributed by atoms with van der Waals surface area (Å²) in [5, 5.41) is 3.90. The number of nitrogens with two attached hydrogens (primary N) is 1. The second-order valence-corrected chi connectivity index (χ2v) is 8.98. The predicted molar refractivity (Wildman–Crippen MR) is 119 cm³/mol. The second-order valence-electron chi connectivity index (χ2n) is 8.98. The maximum absolute atomic E-state index is 5.85. The van der Waals surface area contributed by atoms with Gasteiger partial charge in [-0.2, -0.15) is 0 Å². The average Bonchev–Trinajstić information content (AvgIpc) is 2.75. The zero-order valence-corrected chi connectivity index (χ0v) is 17.2. The molecular formula is C26H36N2. The van der Waals surface area contributed by atoms with Crippen molar-refractivity contribution in [1.29, 1.82) is 0 Å². The lowest BCUT2D eigenvalue weighted by molar-refractivity contribution is 0.320. The van der Waals surface area contributed by atoms with Crippen LogP contribution in [0.3, 0.4) is 0 Å². The van der Waals surface area contributed by atoms with Gasteiger partial charge in [0.1, 0.15) is 0 Å². The Balaban J connectivity index is 0.000000151. The van der Waals surface area contributed by atoms with Gasteiger partial charge in [-0.05, 0) is 73.6 Å². The van der Waals surface area contributed by atoms with Crippen molar-refractivity contribution in [2.75, 3.05) is 0 Å². The van der Waals surface area contributed by atoms with Crippen molar-refractivity contribution < 1.29 is 0 Å². The third kappa shape index (κ3) is 5.24. The van der Waals surface area contributed by atoms with E-state index in [0.29, 0.717) is 6.04 Å². The minimum Gasteiger partial charge on any atom is -0.327 e. The molecule has 2 atom stereocenters. The lowest BCUT2D eigenvalue weighted by atomic mass is 9.87. The first-order valence-electron chi connectivity index (χ1n) is 11.4. The van der Waals surface area contributed by atoms with E-state index in [1.54, 1.807) is 11.1 Å². The van der Waals surface area contributed by atoms with E-state index in [1.807, 2.05) is 0 Å². The molecule has 5 rings (SSSR count). The lowest BCUT2D eigenvalue weighted by Crippen LogP contribution is -2.42. The van der Waals surface area contributed by atoms with Crippen LogP contribution in [0.2, 0.25) is 0 Å². The van der Waals surface area contributed by atoms with Crippen LogP contribution in [0.1, 0.15) is 67.2 Å². The maximum Gasteiger partial charge on any atom is 0.0113 e. The van der Waals surface area contributed by atoms with E-state index in [0.717, 1.165) is 31.3 Å². The van der Waals surface area contributed by atoms with Gasteiger partial charge in [0.05, 0.1) is 0 Å². The highest BCUT2D eigenvalue weighted by atomic mass is 14.9. The Hall–Kier alpha value is -1.64. The van der Waals surface area contributed by atoms with E-state index in [1.165, 1.54) is 62.5 Å². The van der Waals surface area contributed by atoms with Crippen molar-refractivity contribution in [2.45, 2.75) is 88.8 Å². The Morgan fingerprint density at radius 1 is 0.607 bits per heavy atom. The summed E-state index contributed by atoms with van der Waals surface area (Å²) in [5.74, 6) is 0. The fourth-order valence-corrected chi connectivity index (χ4v) is 5.17. The van der Waals surface area contributed by atoms with Crippen molar-refractivity contribution >= 4 is 0 Å². The Morgan fingerprint density at radius 2 is 1.18 bits per heavy atom. The van der Waals surface area contributed by atoms with Gasteiger partial charge in [0.25, 0.3) is 0 Å². The van der Waals surface area contributed by atoms with Gasteiger partial charge >= 0.3 is 0 Å². The molecular weight excluding hydrogens is 340 g/mol. The van der Waals surface area contributed by atoms with Crippen LogP contribution >= 0.6 is 0 Å². The molecule has 1 saturated carbocycles. The fourth-order valence-electron chi connectivity index (χ4n) is 5.17. The van der Waals surface area contributed by atoms with E-state index in [2.05, 4.69) is 53.8 Å². The molecule has 2 unspecified atom stereocenters. The summed E-state index contributed by atoms with van der Waals surface area (Å²) in [6.45, 7) is 0. The topological polar surface area (TPSA) is 38.0 Å². The Bertz CT molecular complexity index is 748. The first-order valence-corrected chi connectivity index (χ1v) is 11.4. The van der Waals surface area contributed by atoms with Gasteiger partial charge in [-0.25, -0.2) is 0 Å². The maximum atomic E-state index is 5.85. The molecule has 3 N–H and O–H groups in total. The number of benzene rings is 2. The first-order chi connectivity index (χ1) is 13.8. The molecule has 0 spiro atoms. The Kier molecular flexibility index (Phi) is 6.82. The molecule has 0 aliphatic heterocycles. The van der Waals surface area contributed by atoms with Gasteiger partial charge in [0.2, 0.25) is 0 Å². The molecule has 0 aromatic heterocycles. The lowest BCUT2D eigenvalue weighted by Gasteiger charge is -2.31. The first kappa shape index (κ1) is 19.7. The fraction of sp³-hybridized carbons (Fsp3) is 0.538. The number of fused-ring (bicyclic) bond motifs is 2. The number of rotatable bonds is 2. The van der Waals surface area contributed by atoms with Crippen LogP contribution in [-0.4, -0.2) is 18.1 Å². The average molecular weight is 377 g/mol. The highest BCUT2D eigenvalue weighted by Crippen LogP contribution is 2.24. The van der Waals surface area contributed by atoms with E-state index in [4.69, 9.17) is 5.73 Å². The molecule has 0 amide bonds. The van der Waals surface area contributed by atoms with Gasteiger partial charge in [-0.15, -0.1) is 0 Å². The predicted octanol–water partition coefficient (Wildman–Crippen LogP) is 4.97. The summed E-state index contributed by atoms with van der Waals surface area (Å²) in [6, 6.07) is 19.5. The number of nitrogens with one attached hydrogen (secondary N) is 1. The van der Waals surface area contributed by atoms with Crippen LogP contribution < -0.4 is 11.1 Å². The van der Waals surface area contributed by atoms with Crippen LogP contribution in [0.5, 0.6) is 0 Å². The van der Waals surface area contributed by atoms with Crippen molar-refractivity contribution in [3.05, 3.63) is 70.8 Å². The van der Waals surface area contributed by atoms with E-state index in [-0.39, 0.29) is 0 Å². The Labute approximate surface area is 170 Å². The third-order valence-electron chi connectivity index (χ3n) is 6.81. The number of hydrogen-bond acceptors (Lipinski definition) is 2. The van der Waals surface area contributed by atoms with Crippen LogP contribution in [0.4, 0.5) is 0 Å². The molecule has 2 aromatic rings. The summed E-state index contributed by atoms with van der Waals surface area (Å²) in [6.07, 6.45) is 14.3. The summed E-state index contributed by atoms with van der Waals surface area (Å²) >= 11 is 0. The molecule has 3 aliphatic rings. The molecule has 1 fully saturated rings. The molecule has 28 heavy (non-hydrogen) atoms. The minimum atomic E-state index is 0.393. The molecule has 3 aliphatic carbocycles. The molecule has 2 nitrogen and oxygen atoms in total. The van der Waals surface area contributed by atoms with Crippen molar-refractivity contribution in [1.82, 2.24) is 5.32 Å². The van der Waals surface area contributed by atoms with E-state index in [9.17, 15) is 0 Å². The van der Waals surface area contributed by atoms with Gasteiger partial charge < -0.3 is 11.1 Å². The number of aryl methyl sites for hydroxylation is 2. The van der Waals surface area contributed by atoms with E-state index >= 15 is 0 Å². The van der Waals surface area contributed by atoms with Crippen LogP contribution in [0.15, 0.2) is 48.5 Å². The smallest absolute Gasteiger partial charge is 0.0113 e. The van der Waals surface area contributed by atoms with Crippen LogP contribution in [0.25, 0.3) is 0 Å². The van der Waals surface area contributed by atoms with Gasteiger partial charge in [0, 0.05) is 18.1 Å². The zero-order valence-electron chi connectivity index (χ0n) is 17.2. The molecule has 0 heterocycles. The standard InChI is InChI=1S/C16H23N.C10H13N/c1-2-8-15(9-3-1)17-16-11-10-13-6-4-5-7-14(13)12-16;11-10-6-5-8-3-1-2-4-9(8)7-10/h4-7,15-17H,1-3,8-12H2;1-4,10H,5-7,11H2. The molecule has 0 saturated heterocycles. The molecule has 2 aromatic carbocycles. The monoisotopic (exact) mass is 376 g/mol. The normalized spacial score (nSPS) is 24.5.